The number of rotatable bonds is 4. The number of ether oxygens (including phenoxy) is 2. The number of likely N-dealkylation sites (tertiary alicyclic amines) is 1. The predicted octanol–water partition coefficient (Wildman–Crippen LogP) is 2.01. The largest absolute Gasteiger partial charge is 0.497 e. The molecule has 0 bridgehead atoms. The van der Waals surface area contributed by atoms with E-state index in [9.17, 15) is 4.79 Å². The zero-order chi connectivity index (χ0) is 13.1. The number of carbonyl (C=O) groups excluding carboxylic acids is 1. The lowest BCUT2D eigenvalue weighted by molar-refractivity contribution is 0.0532. The summed E-state index contributed by atoms with van der Waals surface area (Å²) < 4.78 is 10.3. The molecule has 18 heavy (non-hydrogen) atoms. The van der Waals surface area contributed by atoms with Crippen LogP contribution in [0.4, 0.5) is 0 Å². The molecule has 0 N–H and O–H groups in total. The molecule has 0 radical (unpaired) electrons. The van der Waals surface area contributed by atoms with E-state index in [1.165, 1.54) is 0 Å². The molecule has 98 valence electrons. The SMILES string of the molecule is COc1ccc(C(=O)N2CC(CCl)C2)c(OC)c1. The summed E-state index contributed by atoms with van der Waals surface area (Å²) in [7, 11) is 3.12. The van der Waals surface area contributed by atoms with Gasteiger partial charge in [-0.2, -0.15) is 0 Å². The number of halogens is 1. The van der Waals surface area contributed by atoms with E-state index in [4.69, 9.17) is 21.1 Å². The van der Waals surface area contributed by atoms with Gasteiger partial charge in [-0.15, -0.1) is 11.6 Å². The van der Waals surface area contributed by atoms with E-state index in [2.05, 4.69) is 0 Å². The number of nitrogens with zero attached hydrogens (tertiary/aromatic N) is 1. The highest BCUT2D eigenvalue weighted by atomic mass is 35.5. The highest BCUT2D eigenvalue weighted by molar-refractivity contribution is 6.18. The van der Waals surface area contributed by atoms with Gasteiger partial charge in [-0.1, -0.05) is 0 Å². The Kier molecular flexibility index (Phi) is 3.97. The molecule has 1 aliphatic rings. The number of carbonyl (C=O) groups is 1. The zero-order valence-electron chi connectivity index (χ0n) is 10.5. The first-order valence-electron chi connectivity index (χ1n) is 5.76. The van der Waals surface area contributed by atoms with Gasteiger partial charge in [0.05, 0.1) is 19.8 Å². The second-order valence-electron chi connectivity index (χ2n) is 4.30. The van der Waals surface area contributed by atoms with Gasteiger partial charge in [0, 0.05) is 31.0 Å². The van der Waals surface area contributed by atoms with Crippen molar-refractivity contribution in [1.82, 2.24) is 4.90 Å². The maximum Gasteiger partial charge on any atom is 0.257 e. The van der Waals surface area contributed by atoms with Crippen LogP contribution >= 0.6 is 11.6 Å². The number of amides is 1. The van der Waals surface area contributed by atoms with Crippen molar-refractivity contribution in [3.63, 3.8) is 0 Å². The lowest BCUT2D eigenvalue weighted by Gasteiger charge is -2.38. The second-order valence-corrected chi connectivity index (χ2v) is 4.61. The molecular weight excluding hydrogens is 254 g/mol. The first kappa shape index (κ1) is 13.0. The van der Waals surface area contributed by atoms with Crippen LogP contribution in [0, 0.1) is 5.92 Å². The van der Waals surface area contributed by atoms with Crippen molar-refractivity contribution in [2.45, 2.75) is 0 Å². The van der Waals surface area contributed by atoms with Gasteiger partial charge in [0.15, 0.2) is 0 Å². The summed E-state index contributed by atoms with van der Waals surface area (Å²) in [5, 5.41) is 0. The Labute approximate surface area is 111 Å². The Morgan fingerprint density at radius 3 is 2.67 bits per heavy atom. The highest BCUT2D eigenvalue weighted by Gasteiger charge is 2.31. The van der Waals surface area contributed by atoms with Crippen LogP contribution in [0.2, 0.25) is 0 Å². The Morgan fingerprint density at radius 2 is 2.11 bits per heavy atom. The average Bonchev–Trinajstić information content (AvgIpc) is 2.36. The van der Waals surface area contributed by atoms with Crippen molar-refractivity contribution >= 4 is 17.5 Å². The van der Waals surface area contributed by atoms with Crippen LogP contribution in [0.1, 0.15) is 10.4 Å². The molecule has 2 rings (SSSR count). The van der Waals surface area contributed by atoms with E-state index in [0.29, 0.717) is 28.9 Å². The molecule has 0 unspecified atom stereocenters. The topological polar surface area (TPSA) is 38.8 Å². The molecule has 1 aromatic carbocycles. The third-order valence-corrected chi connectivity index (χ3v) is 3.54. The van der Waals surface area contributed by atoms with E-state index < -0.39 is 0 Å². The normalized spacial score (nSPS) is 15.2. The average molecular weight is 270 g/mol. The molecule has 1 amide bonds. The van der Waals surface area contributed by atoms with Gasteiger partial charge in [0.1, 0.15) is 11.5 Å². The van der Waals surface area contributed by atoms with Crippen LogP contribution in [0.3, 0.4) is 0 Å². The molecule has 1 saturated heterocycles. The monoisotopic (exact) mass is 269 g/mol. The van der Waals surface area contributed by atoms with E-state index in [1.54, 1.807) is 37.3 Å². The van der Waals surface area contributed by atoms with Crippen molar-refractivity contribution in [3.05, 3.63) is 23.8 Å². The van der Waals surface area contributed by atoms with Gasteiger partial charge >= 0.3 is 0 Å². The Hall–Kier alpha value is -1.42. The molecule has 0 saturated carbocycles. The fraction of sp³-hybridized carbons (Fsp3) is 0.462. The molecule has 5 heteroatoms. The fourth-order valence-electron chi connectivity index (χ4n) is 1.98. The lowest BCUT2D eigenvalue weighted by Crippen LogP contribution is -2.50. The van der Waals surface area contributed by atoms with Crippen molar-refractivity contribution < 1.29 is 14.3 Å². The van der Waals surface area contributed by atoms with Crippen molar-refractivity contribution in [3.8, 4) is 11.5 Å². The minimum Gasteiger partial charge on any atom is -0.497 e. The number of alkyl halides is 1. The first-order valence-corrected chi connectivity index (χ1v) is 6.30. The number of hydrogen-bond acceptors (Lipinski definition) is 3. The highest BCUT2D eigenvalue weighted by Crippen LogP contribution is 2.28. The third kappa shape index (κ3) is 2.38. The summed E-state index contributed by atoms with van der Waals surface area (Å²) in [5.74, 6) is 2.21. The Morgan fingerprint density at radius 1 is 1.39 bits per heavy atom. The van der Waals surface area contributed by atoms with Gasteiger partial charge in [-0.3, -0.25) is 4.79 Å². The van der Waals surface area contributed by atoms with Crippen LogP contribution in [-0.4, -0.2) is 44.0 Å². The molecular formula is C13H16ClNO3. The second kappa shape index (κ2) is 5.48. The summed E-state index contributed by atoms with van der Waals surface area (Å²) in [4.78, 5) is 14.0. The molecule has 1 aliphatic heterocycles. The first-order chi connectivity index (χ1) is 8.69. The maximum absolute atomic E-state index is 12.2. The zero-order valence-corrected chi connectivity index (χ0v) is 11.2. The molecule has 0 atom stereocenters. The van der Waals surface area contributed by atoms with E-state index >= 15 is 0 Å². The van der Waals surface area contributed by atoms with Crippen molar-refractivity contribution in [1.29, 1.82) is 0 Å². The Balaban J connectivity index is 2.15. The summed E-state index contributed by atoms with van der Waals surface area (Å²) in [6.45, 7) is 1.44. The quantitative estimate of drug-likeness (QED) is 0.785. The molecule has 0 aromatic heterocycles. The molecule has 1 aromatic rings. The number of benzene rings is 1. The molecule has 1 fully saturated rings. The minimum atomic E-state index is -0.0177. The summed E-state index contributed by atoms with van der Waals surface area (Å²) in [6, 6.07) is 5.20. The predicted molar refractivity (Wildman–Crippen MR) is 69.7 cm³/mol. The van der Waals surface area contributed by atoms with E-state index in [1.807, 2.05) is 0 Å². The molecule has 4 nitrogen and oxygen atoms in total. The van der Waals surface area contributed by atoms with Gasteiger partial charge in [0.2, 0.25) is 0 Å². The molecule has 0 aliphatic carbocycles. The number of methoxy groups -OCH3 is 2. The molecule has 1 heterocycles. The smallest absolute Gasteiger partial charge is 0.257 e. The third-order valence-electron chi connectivity index (χ3n) is 3.10. The van der Waals surface area contributed by atoms with Crippen molar-refractivity contribution in [2.24, 2.45) is 5.92 Å². The van der Waals surface area contributed by atoms with Gasteiger partial charge in [-0.25, -0.2) is 0 Å². The van der Waals surface area contributed by atoms with Gasteiger partial charge in [0.25, 0.3) is 5.91 Å². The fourth-order valence-corrected chi connectivity index (χ4v) is 2.17. The van der Waals surface area contributed by atoms with E-state index in [0.717, 1.165) is 13.1 Å². The standard InChI is InChI=1S/C13H16ClNO3/c1-17-10-3-4-11(12(5-10)18-2)13(16)15-7-9(6-14)8-15/h3-5,9H,6-8H2,1-2H3. The summed E-state index contributed by atoms with van der Waals surface area (Å²) in [5.41, 5.74) is 0.561. The maximum atomic E-state index is 12.2. The van der Waals surface area contributed by atoms with Gasteiger partial charge in [-0.05, 0) is 12.1 Å². The lowest BCUT2D eigenvalue weighted by atomic mass is 10.0. The van der Waals surface area contributed by atoms with Crippen LogP contribution in [0.5, 0.6) is 11.5 Å². The van der Waals surface area contributed by atoms with Crippen LogP contribution in [0.15, 0.2) is 18.2 Å². The van der Waals surface area contributed by atoms with Crippen molar-refractivity contribution in [2.75, 3.05) is 33.2 Å². The van der Waals surface area contributed by atoms with Crippen LogP contribution in [0.25, 0.3) is 0 Å². The Bertz CT molecular complexity index is 444. The summed E-state index contributed by atoms with van der Waals surface area (Å²) in [6.07, 6.45) is 0. The minimum absolute atomic E-state index is 0.0177. The molecule has 0 spiro atoms. The van der Waals surface area contributed by atoms with E-state index in [-0.39, 0.29) is 5.91 Å². The van der Waals surface area contributed by atoms with Gasteiger partial charge < -0.3 is 14.4 Å². The van der Waals surface area contributed by atoms with Crippen LogP contribution in [-0.2, 0) is 0 Å². The summed E-state index contributed by atoms with van der Waals surface area (Å²) >= 11 is 5.74. The van der Waals surface area contributed by atoms with Crippen LogP contribution < -0.4 is 9.47 Å². The number of hydrogen-bond donors (Lipinski definition) is 0.